The van der Waals surface area contributed by atoms with E-state index in [0.717, 1.165) is 0 Å². The molecule has 0 unspecified atom stereocenters. The number of anilines is 2. The van der Waals surface area contributed by atoms with Crippen molar-refractivity contribution in [2.24, 2.45) is 0 Å². The van der Waals surface area contributed by atoms with E-state index >= 15 is 0 Å². The van der Waals surface area contributed by atoms with Crippen molar-refractivity contribution in [3.05, 3.63) is 11.7 Å². The smallest absolute Gasteiger partial charge is 0.343 e. The molecule has 1 heterocycles. The molecule has 14 heteroatoms. The van der Waals surface area contributed by atoms with Gasteiger partial charge in [-0.05, 0) is 20.3 Å². The zero-order chi connectivity index (χ0) is 22.2. The maximum absolute atomic E-state index is 14.1. The molecular formula is C15H16F9N5. The van der Waals surface area contributed by atoms with Gasteiger partial charge in [-0.2, -0.15) is 41.3 Å². The Bertz CT molecular complexity index is 732. The second-order valence-electron chi connectivity index (χ2n) is 6.54. The van der Waals surface area contributed by atoms with E-state index in [1.54, 1.807) is 0 Å². The number of nitrogens with zero attached hydrogens (tertiary/aromatic N) is 3. The molecule has 0 amide bonds. The summed E-state index contributed by atoms with van der Waals surface area (Å²) in [4.78, 5) is 10.6. The van der Waals surface area contributed by atoms with Crippen molar-refractivity contribution in [1.82, 2.24) is 15.0 Å². The average molecular weight is 437 g/mol. The van der Waals surface area contributed by atoms with Gasteiger partial charge in [0.1, 0.15) is 17.9 Å². The van der Waals surface area contributed by atoms with Crippen molar-refractivity contribution in [1.29, 1.82) is 0 Å². The predicted molar refractivity (Wildman–Crippen MR) is 84.9 cm³/mol. The molecule has 0 aliphatic heterocycles. The van der Waals surface area contributed by atoms with Crippen LogP contribution in [0.25, 0.3) is 5.57 Å². The fourth-order valence-corrected chi connectivity index (χ4v) is 2.29. The standard InChI is InChI=1S/C15H16F9N5/c1-6(14(19,20)21)25-11-27-10(8-3-4-13(17,18)5-9(8)16)28-12(29-11)26-7(2)15(22,23)24/h6-7H,3-5H2,1-2H3,(H2,25,26,27,28,29)/t6-,7-/m1/s1. The molecule has 1 aromatic rings. The van der Waals surface area contributed by atoms with E-state index < -0.39 is 78.7 Å². The summed E-state index contributed by atoms with van der Waals surface area (Å²) in [6.07, 6.45) is -12.1. The molecule has 2 N–H and O–H groups in total. The Kier molecular flexibility index (Phi) is 6.23. The molecule has 0 radical (unpaired) electrons. The van der Waals surface area contributed by atoms with Crippen LogP contribution in [0.4, 0.5) is 51.4 Å². The second kappa shape index (κ2) is 7.86. The van der Waals surface area contributed by atoms with Gasteiger partial charge >= 0.3 is 12.4 Å². The first kappa shape index (κ1) is 23.0. The summed E-state index contributed by atoms with van der Waals surface area (Å²) in [5, 5.41) is 3.69. The summed E-state index contributed by atoms with van der Waals surface area (Å²) in [5.41, 5.74) is -0.427. The molecule has 164 valence electrons. The number of aromatic nitrogens is 3. The molecule has 5 nitrogen and oxygen atoms in total. The highest BCUT2D eigenvalue weighted by atomic mass is 19.4. The van der Waals surface area contributed by atoms with Gasteiger partial charge in [-0.1, -0.05) is 0 Å². The van der Waals surface area contributed by atoms with Crippen LogP contribution < -0.4 is 10.6 Å². The zero-order valence-electron chi connectivity index (χ0n) is 15.0. The van der Waals surface area contributed by atoms with Crippen LogP contribution in [0.1, 0.15) is 38.9 Å². The fraction of sp³-hybridized carbons (Fsp3) is 0.667. The highest BCUT2D eigenvalue weighted by Gasteiger charge is 2.40. The molecule has 29 heavy (non-hydrogen) atoms. The normalized spacial score (nSPS) is 19.7. The Morgan fingerprint density at radius 3 is 1.69 bits per heavy atom. The quantitative estimate of drug-likeness (QED) is 0.628. The first-order valence-electron chi connectivity index (χ1n) is 8.27. The summed E-state index contributed by atoms with van der Waals surface area (Å²) < 4.78 is 117. The molecule has 1 aliphatic rings. The van der Waals surface area contributed by atoms with Gasteiger partial charge in [-0.15, -0.1) is 0 Å². The van der Waals surface area contributed by atoms with E-state index in [1.165, 1.54) is 0 Å². The number of allylic oxidation sites excluding steroid dienone is 2. The van der Waals surface area contributed by atoms with E-state index in [4.69, 9.17) is 0 Å². The lowest BCUT2D eigenvalue weighted by Gasteiger charge is -2.24. The van der Waals surface area contributed by atoms with Gasteiger partial charge in [0.15, 0.2) is 5.82 Å². The van der Waals surface area contributed by atoms with Crippen LogP contribution in [-0.4, -0.2) is 45.3 Å². The molecule has 0 saturated carbocycles. The van der Waals surface area contributed by atoms with Crippen LogP contribution in [0.2, 0.25) is 0 Å². The third kappa shape index (κ3) is 6.10. The minimum absolute atomic E-state index is 0.427. The first-order valence-corrected chi connectivity index (χ1v) is 8.27. The van der Waals surface area contributed by atoms with E-state index in [9.17, 15) is 39.5 Å². The van der Waals surface area contributed by atoms with Crippen molar-refractivity contribution in [2.75, 3.05) is 10.6 Å². The van der Waals surface area contributed by atoms with Crippen molar-refractivity contribution in [3.63, 3.8) is 0 Å². The molecule has 0 bridgehead atoms. The molecule has 1 aliphatic carbocycles. The summed E-state index contributed by atoms with van der Waals surface area (Å²) in [5.74, 6) is -6.80. The SMILES string of the molecule is C[C@@H](Nc1nc(N[C@H](C)C(F)(F)F)nc(C2=C(F)CC(F)(F)CC2)n1)C(F)(F)F. The number of hydrogen-bond acceptors (Lipinski definition) is 5. The molecule has 2 atom stereocenters. The van der Waals surface area contributed by atoms with Crippen LogP contribution >= 0.6 is 0 Å². The molecule has 2 rings (SSSR count). The maximum atomic E-state index is 14.1. The number of halogens is 9. The third-order valence-corrected chi connectivity index (χ3v) is 4.06. The van der Waals surface area contributed by atoms with E-state index in [0.29, 0.717) is 13.8 Å². The third-order valence-electron chi connectivity index (χ3n) is 4.06. The summed E-state index contributed by atoms with van der Waals surface area (Å²) in [6.45, 7) is 1.41. The number of hydrogen-bond donors (Lipinski definition) is 2. The lowest BCUT2D eigenvalue weighted by Crippen LogP contribution is -2.35. The minimum Gasteiger partial charge on any atom is -0.343 e. The van der Waals surface area contributed by atoms with Crippen molar-refractivity contribution in [2.45, 2.75) is 63.5 Å². The van der Waals surface area contributed by atoms with Crippen LogP contribution in [0.5, 0.6) is 0 Å². The largest absolute Gasteiger partial charge is 0.408 e. The Morgan fingerprint density at radius 2 is 1.31 bits per heavy atom. The Balaban J connectivity index is 2.44. The lowest BCUT2D eigenvalue weighted by molar-refractivity contribution is -0.139. The van der Waals surface area contributed by atoms with Crippen LogP contribution in [0, 0.1) is 0 Å². The Morgan fingerprint density at radius 1 is 0.862 bits per heavy atom. The van der Waals surface area contributed by atoms with Gasteiger partial charge in [0.05, 0.1) is 6.42 Å². The maximum Gasteiger partial charge on any atom is 0.408 e. The lowest BCUT2D eigenvalue weighted by atomic mass is 9.95. The molecule has 0 spiro atoms. The summed E-state index contributed by atoms with van der Waals surface area (Å²) >= 11 is 0. The van der Waals surface area contributed by atoms with Crippen molar-refractivity contribution in [3.8, 4) is 0 Å². The summed E-state index contributed by atoms with van der Waals surface area (Å²) in [6, 6.07) is -4.39. The number of nitrogens with one attached hydrogen (secondary N) is 2. The topological polar surface area (TPSA) is 62.7 Å². The van der Waals surface area contributed by atoms with Crippen molar-refractivity contribution >= 4 is 17.5 Å². The molecular weight excluding hydrogens is 421 g/mol. The highest BCUT2D eigenvalue weighted by molar-refractivity contribution is 5.65. The van der Waals surface area contributed by atoms with E-state index in [1.807, 2.05) is 10.6 Å². The minimum atomic E-state index is -4.74. The van der Waals surface area contributed by atoms with Gasteiger partial charge in [-0.3, -0.25) is 0 Å². The highest BCUT2D eigenvalue weighted by Crippen LogP contribution is 2.40. The Hall–Kier alpha value is -2.28. The van der Waals surface area contributed by atoms with Gasteiger partial charge in [0, 0.05) is 12.0 Å². The van der Waals surface area contributed by atoms with Crippen molar-refractivity contribution < 1.29 is 39.5 Å². The average Bonchev–Trinajstić information content (AvgIpc) is 2.51. The zero-order valence-corrected chi connectivity index (χ0v) is 15.0. The monoisotopic (exact) mass is 437 g/mol. The number of rotatable bonds is 5. The molecule has 0 saturated heterocycles. The van der Waals surface area contributed by atoms with Gasteiger partial charge in [-0.25, -0.2) is 13.2 Å². The Labute approximate surface area is 158 Å². The summed E-state index contributed by atoms with van der Waals surface area (Å²) in [7, 11) is 0. The van der Waals surface area contributed by atoms with Gasteiger partial charge in [0.2, 0.25) is 11.9 Å². The molecule has 0 aromatic carbocycles. The second-order valence-corrected chi connectivity index (χ2v) is 6.54. The van der Waals surface area contributed by atoms with Crippen LogP contribution in [0.15, 0.2) is 5.83 Å². The van der Waals surface area contributed by atoms with E-state index in [-0.39, 0.29) is 0 Å². The predicted octanol–water partition coefficient (Wildman–Crippen LogP) is 5.10. The number of alkyl halides is 8. The van der Waals surface area contributed by atoms with E-state index in [2.05, 4.69) is 15.0 Å². The van der Waals surface area contributed by atoms with Crippen LogP contribution in [0.3, 0.4) is 0 Å². The van der Waals surface area contributed by atoms with Crippen LogP contribution in [-0.2, 0) is 0 Å². The fourth-order valence-electron chi connectivity index (χ4n) is 2.29. The first-order chi connectivity index (χ1) is 13.1. The van der Waals surface area contributed by atoms with Gasteiger partial charge < -0.3 is 10.6 Å². The molecule has 0 fully saturated rings. The molecule has 1 aromatic heterocycles. The van der Waals surface area contributed by atoms with Gasteiger partial charge in [0.25, 0.3) is 5.92 Å².